The molecule has 1 N–H and O–H groups in total. The Hall–Kier alpha value is -1.89. The molecule has 112 valence electrons. The molecule has 0 saturated carbocycles. The number of likely N-dealkylation sites (tertiary alicyclic amines) is 1. The lowest BCUT2D eigenvalue weighted by Gasteiger charge is -2.30. The van der Waals surface area contributed by atoms with Crippen molar-refractivity contribution in [2.75, 3.05) is 19.6 Å². The number of hydrogen-bond donors (Lipinski definition) is 1. The number of piperidine rings is 1. The van der Waals surface area contributed by atoms with Gasteiger partial charge < -0.3 is 14.6 Å². The first-order valence-corrected chi connectivity index (χ1v) is 7.99. The fourth-order valence-electron chi connectivity index (χ4n) is 2.49. The van der Waals surface area contributed by atoms with E-state index in [1.807, 2.05) is 24.0 Å². The lowest BCUT2D eigenvalue weighted by Crippen LogP contribution is -2.44. The highest BCUT2D eigenvalue weighted by Gasteiger charge is 2.26. The van der Waals surface area contributed by atoms with Crippen molar-refractivity contribution < 1.29 is 9.21 Å². The van der Waals surface area contributed by atoms with E-state index in [1.54, 1.807) is 17.6 Å². The molecule has 0 spiro atoms. The SMILES string of the molecule is CCNC(=O)N1CCC(c2nnc(-c3ccco3)s2)CC1. The number of urea groups is 1. The minimum atomic E-state index is 0.0319. The lowest BCUT2D eigenvalue weighted by atomic mass is 9.98. The van der Waals surface area contributed by atoms with Crippen LogP contribution in [0, 0.1) is 0 Å². The summed E-state index contributed by atoms with van der Waals surface area (Å²) in [5.74, 6) is 1.15. The van der Waals surface area contributed by atoms with Gasteiger partial charge in [-0.05, 0) is 31.9 Å². The van der Waals surface area contributed by atoms with Crippen LogP contribution < -0.4 is 5.32 Å². The number of nitrogens with zero attached hydrogens (tertiary/aromatic N) is 3. The van der Waals surface area contributed by atoms with Crippen molar-refractivity contribution in [1.82, 2.24) is 20.4 Å². The third kappa shape index (κ3) is 3.07. The zero-order valence-electron chi connectivity index (χ0n) is 11.9. The maximum absolute atomic E-state index is 11.8. The Kier molecular flexibility index (Phi) is 4.19. The standard InChI is InChI=1S/C14H18N4O2S/c1-2-15-14(19)18-7-5-10(6-8-18)12-16-17-13(21-12)11-4-3-9-20-11/h3-4,9-10H,2,5-8H2,1H3,(H,15,19). The van der Waals surface area contributed by atoms with Crippen molar-refractivity contribution in [3.05, 3.63) is 23.4 Å². The molecule has 7 heteroatoms. The summed E-state index contributed by atoms with van der Waals surface area (Å²) in [7, 11) is 0. The van der Waals surface area contributed by atoms with Crippen LogP contribution in [0.4, 0.5) is 4.79 Å². The molecule has 21 heavy (non-hydrogen) atoms. The molecule has 1 aliphatic heterocycles. The van der Waals surface area contributed by atoms with Gasteiger partial charge in [-0.2, -0.15) is 0 Å². The van der Waals surface area contributed by atoms with Crippen molar-refractivity contribution in [1.29, 1.82) is 0 Å². The Morgan fingerprint density at radius 3 is 2.95 bits per heavy atom. The van der Waals surface area contributed by atoms with Crippen LogP contribution >= 0.6 is 11.3 Å². The predicted molar refractivity (Wildman–Crippen MR) is 80.2 cm³/mol. The first kappa shape index (κ1) is 14.1. The molecule has 1 aliphatic rings. The Morgan fingerprint density at radius 1 is 1.48 bits per heavy atom. The summed E-state index contributed by atoms with van der Waals surface area (Å²) in [5.41, 5.74) is 0. The number of amides is 2. The normalized spacial score (nSPS) is 16.1. The maximum atomic E-state index is 11.8. The van der Waals surface area contributed by atoms with E-state index in [-0.39, 0.29) is 6.03 Å². The molecule has 6 nitrogen and oxygen atoms in total. The average molecular weight is 306 g/mol. The van der Waals surface area contributed by atoms with E-state index in [1.165, 1.54) is 0 Å². The Morgan fingerprint density at radius 2 is 2.29 bits per heavy atom. The molecule has 0 bridgehead atoms. The van der Waals surface area contributed by atoms with Gasteiger partial charge >= 0.3 is 6.03 Å². The molecule has 3 heterocycles. The minimum absolute atomic E-state index is 0.0319. The van der Waals surface area contributed by atoms with E-state index in [2.05, 4.69) is 15.5 Å². The lowest BCUT2D eigenvalue weighted by molar-refractivity contribution is 0.182. The van der Waals surface area contributed by atoms with Crippen LogP contribution in [0.25, 0.3) is 10.8 Å². The molecule has 0 aliphatic carbocycles. The Bertz CT molecular complexity index is 588. The smallest absolute Gasteiger partial charge is 0.317 e. The van der Waals surface area contributed by atoms with Crippen molar-refractivity contribution >= 4 is 17.4 Å². The largest absolute Gasteiger partial charge is 0.462 e. The number of carbonyl (C=O) groups excluding carboxylic acids is 1. The van der Waals surface area contributed by atoms with E-state index in [0.29, 0.717) is 12.5 Å². The fraction of sp³-hybridized carbons (Fsp3) is 0.500. The first-order valence-electron chi connectivity index (χ1n) is 7.18. The van der Waals surface area contributed by atoms with Crippen molar-refractivity contribution in [3.63, 3.8) is 0 Å². The van der Waals surface area contributed by atoms with Crippen LogP contribution in [0.15, 0.2) is 22.8 Å². The minimum Gasteiger partial charge on any atom is -0.462 e. The van der Waals surface area contributed by atoms with Gasteiger partial charge in [0.1, 0.15) is 5.01 Å². The molecule has 1 saturated heterocycles. The number of nitrogens with one attached hydrogen (secondary N) is 1. The van der Waals surface area contributed by atoms with Crippen molar-refractivity contribution in [2.45, 2.75) is 25.7 Å². The molecule has 0 aromatic carbocycles. The van der Waals surface area contributed by atoms with Crippen LogP contribution in [0.1, 0.15) is 30.7 Å². The summed E-state index contributed by atoms with van der Waals surface area (Å²) in [5, 5.41) is 13.2. The van der Waals surface area contributed by atoms with Gasteiger partial charge in [0.05, 0.1) is 6.26 Å². The molecule has 2 amide bonds. The highest BCUT2D eigenvalue weighted by molar-refractivity contribution is 7.14. The fourth-order valence-corrected chi connectivity index (χ4v) is 3.47. The molecular weight excluding hydrogens is 288 g/mol. The number of rotatable bonds is 3. The van der Waals surface area contributed by atoms with Crippen LogP contribution in [0.5, 0.6) is 0 Å². The second-order valence-electron chi connectivity index (χ2n) is 5.02. The molecule has 0 radical (unpaired) electrons. The third-order valence-electron chi connectivity index (χ3n) is 3.63. The van der Waals surface area contributed by atoms with E-state index in [9.17, 15) is 4.79 Å². The van der Waals surface area contributed by atoms with Gasteiger partial charge in [-0.15, -0.1) is 10.2 Å². The van der Waals surface area contributed by atoms with Gasteiger partial charge in [0.25, 0.3) is 0 Å². The van der Waals surface area contributed by atoms with Gasteiger partial charge in [0.2, 0.25) is 0 Å². The van der Waals surface area contributed by atoms with Gasteiger partial charge in [-0.25, -0.2) is 4.79 Å². The summed E-state index contributed by atoms with van der Waals surface area (Å²) in [6.45, 7) is 4.14. The molecular formula is C14H18N4O2S. The summed E-state index contributed by atoms with van der Waals surface area (Å²) >= 11 is 1.58. The molecule has 2 aromatic heterocycles. The molecule has 1 fully saturated rings. The number of furan rings is 1. The number of hydrogen-bond acceptors (Lipinski definition) is 5. The molecule has 3 rings (SSSR count). The quantitative estimate of drug-likeness (QED) is 0.946. The van der Waals surface area contributed by atoms with Crippen LogP contribution in [-0.2, 0) is 0 Å². The predicted octanol–water partition coefficient (Wildman–Crippen LogP) is 2.71. The molecule has 0 atom stereocenters. The first-order chi connectivity index (χ1) is 10.3. The second-order valence-corrected chi connectivity index (χ2v) is 6.03. The zero-order chi connectivity index (χ0) is 14.7. The Balaban J connectivity index is 1.61. The van der Waals surface area contributed by atoms with Crippen molar-refractivity contribution in [2.24, 2.45) is 0 Å². The summed E-state index contributed by atoms with van der Waals surface area (Å²) < 4.78 is 5.34. The van der Waals surface area contributed by atoms with Gasteiger partial charge in [0.15, 0.2) is 10.8 Å². The van der Waals surface area contributed by atoms with Crippen LogP contribution in [0.2, 0.25) is 0 Å². The maximum Gasteiger partial charge on any atom is 0.317 e. The third-order valence-corrected chi connectivity index (χ3v) is 4.73. The number of carbonyl (C=O) groups is 1. The van der Waals surface area contributed by atoms with Crippen LogP contribution in [0.3, 0.4) is 0 Å². The van der Waals surface area contributed by atoms with Gasteiger partial charge in [-0.1, -0.05) is 11.3 Å². The van der Waals surface area contributed by atoms with E-state index < -0.39 is 0 Å². The van der Waals surface area contributed by atoms with E-state index in [0.717, 1.165) is 41.7 Å². The van der Waals surface area contributed by atoms with Crippen LogP contribution in [-0.4, -0.2) is 40.8 Å². The summed E-state index contributed by atoms with van der Waals surface area (Å²) in [4.78, 5) is 13.6. The van der Waals surface area contributed by atoms with Gasteiger partial charge in [0, 0.05) is 25.6 Å². The topological polar surface area (TPSA) is 71.3 Å². The average Bonchev–Trinajstić information content (AvgIpc) is 3.19. The zero-order valence-corrected chi connectivity index (χ0v) is 12.7. The Labute approximate surface area is 127 Å². The second kappa shape index (κ2) is 6.26. The highest BCUT2D eigenvalue weighted by Crippen LogP contribution is 2.33. The van der Waals surface area contributed by atoms with Crippen molar-refractivity contribution in [3.8, 4) is 10.8 Å². The summed E-state index contributed by atoms with van der Waals surface area (Å²) in [6.07, 6.45) is 3.51. The van der Waals surface area contributed by atoms with Gasteiger partial charge in [-0.3, -0.25) is 0 Å². The monoisotopic (exact) mass is 306 g/mol. The van der Waals surface area contributed by atoms with E-state index in [4.69, 9.17) is 4.42 Å². The number of aromatic nitrogens is 2. The molecule has 2 aromatic rings. The highest BCUT2D eigenvalue weighted by atomic mass is 32.1. The van der Waals surface area contributed by atoms with E-state index >= 15 is 0 Å². The molecule has 0 unspecified atom stereocenters. The summed E-state index contributed by atoms with van der Waals surface area (Å²) in [6, 6.07) is 3.77.